The van der Waals surface area contributed by atoms with Crippen molar-refractivity contribution in [2.45, 2.75) is 11.4 Å². The smallest absolute Gasteiger partial charge is 0.262 e. The number of rotatable bonds is 5. The van der Waals surface area contributed by atoms with Gasteiger partial charge in [0.1, 0.15) is 5.75 Å². The maximum atomic E-state index is 12.3. The molecule has 0 aliphatic carbocycles. The van der Waals surface area contributed by atoms with Crippen molar-refractivity contribution in [1.29, 1.82) is 0 Å². The second-order valence-corrected chi connectivity index (χ2v) is 7.50. The largest absolute Gasteiger partial charge is 0.495 e. The molecule has 0 aliphatic heterocycles. The van der Waals surface area contributed by atoms with Crippen molar-refractivity contribution in [2.24, 2.45) is 5.73 Å². The van der Waals surface area contributed by atoms with Crippen molar-refractivity contribution < 1.29 is 13.2 Å². The third-order valence-electron chi connectivity index (χ3n) is 2.55. The molecule has 5 nitrogen and oxygen atoms in total. The first kappa shape index (κ1) is 15.3. The summed E-state index contributed by atoms with van der Waals surface area (Å²) in [6.45, 7) is 0.320. The second kappa shape index (κ2) is 6.13. The molecule has 0 fully saturated rings. The Bertz CT molecular complexity index is 713. The van der Waals surface area contributed by atoms with Crippen molar-refractivity contribution in [3.05, 3.63) is 39.0 Å². The lowest BCUT2D eigenvalue weighted by atomic mass is 10.3. The minimum absolute atomic E-state index is 0.199. The first-order chi connectivity index (χ1) is 9.46. The van der Waals surface area contributed by atoms with E-state index in [9.17, 15) is 8.42 Å². The van der Waals surface area contributed by atoms with Gasteiger partial charge in [0.05, 0.1) is 17.7 Å². The number of benzene rings is 1. The minimum Gasteiger partial charge on any atom is -0.495 e. The Hall–Kier alpha value is -1.09. The van der Waals surface area contributed by atoms with Crippen molar-refractivity contribution in [3.63, 3.8) is 0 Å². The Labute approximate surface area is 129 Å². The van der Waals surface area contributed by atoms with E-state index in [-0.39, 0.29) is 4.90 Å². The molecule has 2 rings (SSSR count). The number of hydrogen-bond donors (Lipinski definition) is 2. The van der Waals surface area contributed by atoms with Crippen LogP contribution in [0, 0.1) is 0 Å². The summed E-state index contributed by atoms with van der Waals surface area (Å²) in [5.74, 6) is 0.450. The van der Waals surface area contributed by atoms with Gasteiger partial charge in [-0.15, -0.1) is 11.3 Å². The van der Waals surface area contributed by atoms with E-state index in [4.69, 9.17) is 10.5 Å². The Balaban J connectivity index is 2.35. The molecule has 108 valence electrons. The first-order valence-electron chi connectivity index (χ1n) is 5.60. The topological polar surface area (TPSA) is 81.4 Å². The predicted molar refractivity (Wildman–Crippen MR) is 83.7 cm³/mol. The van der Waals surface area contributed by atoms with Crippen molar-refractivity contribution >= 4 is 43.0 Å². The Morgan fingerprint density at radius 2 is 2.15 bits per heavy atom. The lowest BCUT2D eigenvalue weighted by Gasteiger charge is -2.11. The van der Waals surface area contributed by atoms with Gasteiger partial charge in [-0.1, -0.05) is 15.9 Å². The molecule has 1 aromatic heterocycles. The molecule has 3 N–H and O–H groups in total. The predicted octanol–water partition coefficient (Wildman–Crippen LogP) is 2.78. The van der Waals surface area contributed by atoms with Gasteiger partial charge in [0.15, 0.2) is 0 Å². The maximum absolute atomic E-state index is 12.3. The summed E-state index contributed by atoms with van der Waals surface area (Å²) in [7, 11) is -2.16. The summed E-state index contributed by atoms with van der Waals surface area (Å²) >= 11 is 4.62. The fraction of sp³-hybridized carbons (Fsp3) is 0.167. The van der Waals surface area contributed by atoms with E-state index in [0.29, 0.717) is 18.0 Å². The second-order valence-electron chi connectivity index (χ2n) is 3.90. The highest BCUT2D eigenvalue weighted by atomic mass is 79.9. The number of halogens is 1. The number of thiophene rings is 1. The van der Waals surface area contributed by atoms with Crippen molar-refractivity contribution in [1.82, 2.24) is 0 Å². The van der Waals surface area contributed by atoms with Crippen LogP contribution < -0.4 is 15.2 Å². The Morgan fingerprint density at radius 3 is 2.75 bits per heavy atom. The van der Waals surface area contributed by atoms with Gasteiger partial charge in [-0.05, 0) is 24.3 Å². The van der Waals surface area contributed by atoms with Gasteiger partial charge in [-0.3, -0.25) is 4.72 Å². The highest BCUT2D eigenvalue weighted by molar-refractivity contribution is 9.10. The molecule has 0 atom stereocenters. The molecule has 0 bridgehead atoms. The van der Waals surface area contributed by atoms with E-state index in [2.05, 4.69) is 20.7 Å². The van der Waals surface area contributed by atoms with Gasteiger partial charge in [0.25, 0.3) is 10.0 Å². The van der Waals surface area contributed by atoms with Gasteiger partial charge in [-0.25, -0.2) is 8.42 Å². The average Bonchev–Trinajstić information content (AvgIpc) is 2.88. The molecule has 0 saturated heterocycles. The van der Waals surface area contributed by atoms with Crippen LogP contribution in [-0.4, -0.2) is 15.5 Å². The standard InChI is InChI=1S/C12H13BrN2O3S2/c1-18-12-3-2-8(13)4-11(12)15-20(16,17)10-5-9(6-14)19-7-10/h2-5,7,15H,6,14H2,1H3. The highest BCUT2D eigenvalue weighted by Crippen LogP contribution is 2.30. The third kappa shape index (κ3) is 3.32. The average molecular weight is 377 g/mol. The molecule has 0 spiro atoms. The van der Waals surface area contributed by atoms with Crippen LogP contribution in [0.2, 0.25) is 0 Å². The lowest BCUT2D eigenvalue weighted by Crippen LogP contribution is -2.13. The molecule has 1 aromatic carbocycles. The Morgan fingerprint density at radius 1 is 1.40 bits per heavy atom. The van der Waals surface area contributed by atoms with E-state index in [1.165, 1.54) is 18.4 Å². The summed E-state index contributed by atoms with van der Waals surface area (Å²) in [6.07, 6.45) is 0. The monoisotopic (exact) mass is 376 g/mol. The molecule has 1 heterocycles. The summed E-state index contributed by atoms with van der Waals surface area (Å²) in [6, 6.07) is 6.67. The highest BCUT2D eigenvalue weighted by Gasteiger charge is 2.18. The molecular formula is C12H13BrN2O3S2. The number of sulfonamides is 1. The molecule has 0 amide bonds. The van der Waals surface area contributed by atoms with Crippen LogP contribution in [0.3, 0.4) is 0 Å². The fourth-order valence-corrected chi connectivity index (χ4v) is 4.15. The quantitative estimate of drug-likeness (QED) is 0.840. The van der Waals surface area contributed by atoms with E-state index in [1.54, 1.807) is 29.6 Å². The summed E-state index contributed by atoms with van der Waals surface area (Å²) in [4.78, 5) is 1.01. The van der Waals surface area contributed by atoms with Crippen molar-refractivity contribution in [2.75, 3.05) is 11.8 Å². The fourth-order valence-electron chi connectivity index (χ4n) is 1.57. The number of anilines is 1. The van der Waals surface area contributed by atoms with Crippen LogP contribution in [0.4, 0.5) is 5.69 Å². The molecule has 0 aliphatic rings. The molecule has 0 radical (unpaired) electrons. The van der Waals surface area contributed by atoms with Crippen LogP contribution in [-0.2, 0) is 16.6 Å². The van der Waals surface area contributed by atoms with E-state index in [1.807, 2.05) is 0 Å². The number of methoxy groups -OCH3 is 1. The van der Waals surface area contributed by atoms with Crippen LogP contribution in [0.1, 0.15) is 4.88 Å². The van der Waals surface area contributed by atoms with Gasteiger partial charge < -0.3 is 10.5 Å². The normalized spacial score (nSPS) is 11.3. The van der Waals surface area contributed by atoms with E-state index < -0.39 is 10.0 Å². The summed E-state index contributed by atoms with van der Waals surface area (Å²) < 4.78 is 33.0. The van der Waals surface area contributed by atoms with Crippen LogP contribution >= 0.6 is 27.3 Å². The van der Waals surface area contributed by atoms with E-state index in [0.717, 1.165) is 9.35 Å². The number of nitrogens with two attached hydrogens (primary N) is 1. The van der Waals surface area contributed by atoms with Crippen LogP contribution in [0.15, 0.2) is 39.0 Å². The SMILES string of the molecule is COc1ccc(Br)cc1NS(=O)(=O)c1csc(CN)c1. The minimum atomic E-state index is -3.65. The van der Waals surface area contributed by atoms with Crippen LogP contribution in [0.5, 0.6) is 5.75 Å². The van der Waals surface area contributed by atoms with Crippen LogP contribution in [0.25, 0.3) is 0 Å². The van der Waals surface area contributed by atoms with E-state index >= 15 is 0 Å². The van der Waals surface area contributed by atoms with Gasteiger partial charge in [-0.2, -0.15) is 0 Å². The molecular weight excluding hydrogens is 364 g/mol. The summed E-state index contributed by atoms with van der Waals surface area (Å²) in [5.41, 5.74) is 5.87. The lowest BCUT2D eigenvalue weighted by molar-refractivity contribution is 0.417. The molecule has 20 heavy (non-hydrogen) atoms. The zero-order chi connectivity index (χ0) is 14.8. The number of nitrogens with one attached hydrogen (secondary N) is 1. The molecule has 0 unspecified atom stereocenters. The number of ether oxygens (including phenoxy) is 1. The maximum Gasteiger partial charge on any atom is 0.262 e. The summed E-state index contributed by atoms with van der Waals surface area (Å²) in [5, 5.41) is 1.56. The van der Waals surface area contributed by atoms with Gasteiger partial charge >= 0.3 is 0 Å². The molecule has 0 saturated carbocycles. The Kier molecular flexibility index (Phi) is 4.69. The van der Waals surface area contributed by atoms with Crippen molar-refractivity contribution in [3.8, 4) is 5.75 Å². The zero-order valence-corrected chi connectivity index (χ0v) is 13.8. The third-order valence-corrected chi connectivity index (χ3v) is 5.49. The molecule has 8 heteroatoms. The number of hydrogen-bond acceptors (Lipinski definition) is 5. The van der Waals surface area contributed by atoms with Gasteiger partial charge in [0, 0.05) is 21.3 Å². The molecule has 2 aromatic rings. The zero-order valence-electron chi connectivity index (χ0n) is 10.6. The van der Waals surface area contributed by atoms with Gasteiger partial charge in [0.2, 0.25) is 0 Å². The first-order valence-corrected chi connectivity index (χ1v) is 8.75.